The molecule has 29 heavy (non-hydrogen) atoms. The maximum absolute atomic E-state index is 11.7. The molecule has 3 heterocycles. The van der Waals surface area contributed by atoms with Crippen LogP contribution in [-0.4, -0.2) is 68.0 Å². The third-order valence-corrected chi connectivity index (χ3v) is 6.09. The average molecular weight is 404 g/mol. The minimum Gasteiger partial charge on any atom is -0.465 e. The smallest absolute Gasteiger partial charge is 0.220 e. The Morgan fingerprint density at radius 1 is 1.24 bits per heavy atom. The lowest BCUT2D eigenvalue weighted by molar-refractivity contribution is -0.121. The third kappa shape index (κ3) is 5.98. The predicted molar refractivity (Wildman–Crippen MR) is 116 cm³/mol. The van der Waals surface area contributed by atoms with E-state index in [1.807, 2.05) is 13.0 Å². The van der Waals surface area contributed by atoms with Gasteiger partial charge in [-0.3, -0.25) is 14.7 Å². The average Bonchev–Trinajstić information content (AvgIpc) is 3.40. The van der Waals surface area contributed by atoms with Gasteiger partial charge in [-0.1, -0.05) is 0 Å². The SMILES string of the molecule is CCNC(=NCC(c1ccc(C)o1)N1CCCC1)N1CCC(CC(=O)NC)CC1. The maximum Gasteiger partial charge on any atom is 0.220 e. The van der Waals surface area contributed by atoms with Crippen molar-refractivity contribution in [3.05, 3.63) is 23.7 Å². The van der Waals surface area contributed by atoms with Crippen molar-refractivity contribution in [3.8, 4) is 0 Å². The Morgan fingerprint density at radius 2 is 1.97 bits per heavy atom. The number of likely N-dealkylation sites (tertiary alicyclic amines) is 2. The van der Waals surface area contributed by atoms with E-state index in [4.69, 9.17) is 9.41 Å². The molecule has 0 saturated carbocycles. The Bertz CT molecular complexity index is 672. The first-order valence-electron chi connectivity index (χ1n) is 11.1. The van der Waals surface area contributed by atoms with Gasteiger partial charge in [0.1, 0.15) is 11.5 Å². The van der Waals surface area contributed by atoms with E-state index in [1.165, 1.54) is 12.8 Å². The molecule has 2 saturated heterocycles. The quantitative estimate of drug-likeness (QED) is 0.541. The highest BCUT2D eigenvalue weighted by atomic mass is 16.3. The zero-order chi connectivity index (χ0) is 20.6. The summed E-state index contributed by atoms with van der Waals surface area (Å²) in [7, 11) is 1.71. The van der Waals surface area contributed by atoms with Crippen molar-refractivity contribution in [2.45, 2.75) is 52.0 Å². The first kappa shape index (κ1) is 21.7. The van der Waals surface area contributed by atoms with Gasteiger partial charge in [0, 0.05) is 33.1 Å². The van der Waals surface area contributed by atoms with Crippen molar-refractivity contribution in [2.24, 2.45) is 10.9 Å². The highest BCUT2D eigenvalue weighted by molar-refractivity contribution is 5.80. The topological polar surface area (TPSA) is 73.1 Å². The van der Waals surface area contributed by atoms with E-state index in [0.29, 0.717) is 18.9 Å². The molecular formula is C22H37N5O2. The van der Waals surface area contributed by atoms with Crippen molar-refractivity contribution in [2.75, 3.05) is 46.3 Å². The van der Waals surface area contributed by atoms with E-state index < -0.39 is 0 Å². The van der Waals surface area contributed by atoms with Gasteiger partial charge in [-0.2, -0.15) is 0 Å². The largest absolute Gasteiger partial charge is 0.465 e. The molecule has 0 spiro atoms. The lowest BCUT2D eigenvalue weighted by Crippen LogP contribution is -2.46. The molecule has 162 valence electrons. The second-order valence-corrected chi connectivity index (χ2v) is 8.21. The molecule has 7 heteroatoms. The standard InChI is InChI=1S/C22H37N5O2/c1-4-24-22(27-13-9-18(10-14-27)15-21(28)23-3)25-16-19(26-11-5-6-12-26)20-8-7-17(2)29-20/h7-8,18-19H,4-6,9-16H2,1-3H3,(H,23,28)(H,24,25). The first-order valence-corrected chi connectivity index (χ1v) is 11.1. The number of hydrogen-bond acceptors (Lipinski definition) is 4. The third-order valence-electron chi connectivity index (χ3n) is 6.09. The van der Waals surface area contributed by atoms with Gasteiger partial charge in [0.15, 0.2) is 5.96 Å². The van der Waals surface area contributed by atoms with Crippen LogP contribution >= 0.6 is 0 Å². The molecule has 1 amide bonds. The summed E-state index contributed by atoms with van der Waals surface area (Å²) in [5.41, 5.74) is 0. The molecule has 2 fully saturated rings. The molecule has 0 aliphatic carbocycles. The monoisotopic (exact) mass is 403 g/mol. The zero-order valence-corrected chi connectivity index (χ0v) is 18.2. The van der Waals surface area contributed by atoms with Crippen molar-refractivity contribution in [1.29, 1.82) is 0 Å². The van der Waals surface area contributed by atoms with Gasteiger partial charge < -0.3 is 20.0 Å². The molecule has 2 aliphatic heterocycles. The van der Waals surface area contributed by atoms with Gasteiger partial charge in [-0.25, -0.2) is 0 Å². The van der Waals surface area contributed by atoms with E-state index in [1.54, 1.807) is 7.05 Å². The maximum atomic E-state index is 11.7. The molecule has 3 rings (SSSR count). The fourth-order valence-electron chi connectivity index (χ4n) is 4.38. The molecule has 1 aromatic heterocycles. The molecule has 2 aliphatic rings. The minimum atomic E-state index is 0.145. The van der Waals surface area contributed by atoms with Crippen molar-refractivity contribution >= 4 is 11.9 Å². The Morgan fingerprint density at radius 3 is 2.55 bits per heavy atom. The summed E-state index contributed by atoms with van der Waals surface area (Å²) in [6.45, 7) is 9.79. The van der Waals surface area contributed by atoms with Gasteiger partial charge in [-0.05, 0) is 70.7 Å². The summed E-state index contributed by atoms with van der Waals surface area (Å²) in [4.78, 5) is 21.5. The summed E-state index contributed by atoms with van der Waals surface area (Å²) < 4.78 is 5.97. The number of nitrogens with zero attached hydrogens (tertiary/aromatic N) is 3. The van der Waals surface area contributed by atoms with Crippen LogP contribution in [0.5, 0.6) is 0 Å². The van der Waals surface area contributed by atoms with Crippen LogP contribution in [0.25, 0.3) is 0 Å². The van der Waals surface area contributed by atoms with Gasteiger partial charge in [0.2, 0.25) is 5.91 Å². The summed E-state index contributed by atoms with van der Waals surface area (Å²) in [6.07, 6.45) is 5.19. The molecule has 1 aromatic rings. The van der Waals surface area contributed by atoms with Gasteiger partial charge in [0.25, 0.3) is 0 Å². The van der Waals surface area contributed by atoms with Crippen molar-refractivity contribution < 1.29 is 9.21 Å². The van der Waals surface area contributed by atoms with Crippen LogP contribution in [0, 0.1) is 12.8 Å². The molecule has 0 radical (unpaired) electrons. The Balaban J connectivity index is 1.65. The Kier molecular flexibility index (Phi) is 7.98. The van der Waals surface area contributed by atoms with Crippen LogP contribution in [0.1, 0.15) is 56.6 Å². The van der Waals surface area contributed by atoms with Crippen molar-refractivity contribution in [3.63, 3.8) is 0 Å². The van der Waals surface area contributed by atoms with Gasteiger partial charge in [-0.15, -0.1) is 0 Å². The second kappa shape index (κ2) is 10.7. The van der Waals surface area contributed by atoms with E-state index in [-0.39, 0.29) is 11.9 Å². The minimum absolute atomic E-state index is 0.145. The summed E-state index contributed by atoms with van der Waals surface area (Å²) in [5.74, 6) is 3.58. The number of furan rings is 1. The molecular weight excluding hydrogens is 366 g/mol. The highest BCUT2D eigenvalue weighted by Crippen LogP contribution is 2.27. The number of aryl methyl sites for hydroxylation is 1. The first-order chi connectivity index (χ1) is 14.1. The molecule has 7 nitrogen and oxygen atoms in total. The van der Waals surface area contributed by atoms with Crippen LogP contribution < -0.4 is 10.6 Å². The number of carbonyl (C=O) groups is 1. The number of nitrogens with one attached hydrogen (secondary N) is 2. The normalized spacial score (nSPS) is 20.1. The number of carbonyl (C=O) groups excluding carboxylic acids is 1. The highest BCUT2D eigenvalue weighted by Gasteiger charge is 2.27. The lowest BCUT2D eigenvalue weighted by Gasteiger charge is -2.34. The van der Waals surface area contributed by atoms with E-state index in [2.05, 4.69) is 33.4 Å². The number of rotatable bonds is 7. The van der Waals surface area contributed by atoms with Gasteiger partial charge in [0.05, 0.1) is 12.6 Å². The fraction of sp³-hybridized carbons (Fsp3) is 0.727. The van der Waals surface area contributed by atoms with Crippen LogP contribution in [0.2, 0.25) is 0 Å². The Hall–Kier alpha value is -2.02. The molecule has 1 unspecified atom stereocenters. The van der Waals surface area contributed by atoms with Crippen molar-refractivity contribution in [1.82, 2.24) is 20.4 Å². The predicted octanol–water partition coefficient (Wildman–Crippen LogP) is 2.54. The van der Waals surface area contributed by atoms with E-state index >= 15 is 0 Å². The number of hydrogen-bond donors (Lipinski definition) is 2. The number of amides is 1. The molecule has 0 aromatic carbocycles. The molecule has 0 bridgehead atoms. The molecule has 2 N–H and O–H groups in total. The van der Waals surface area contributed by atoms with Crippen LogP contribution in [0.15, 0.2) is 21.5 Å². The van der Waals surface area contributed by atoms with Crippen LogP contribution in [0.3, 0.4) is 0 Å². The number of guanidine groups is 1. The number of piperidine rings is 1. The fourth-order valence-corrected chi connectivity index (χ4v) is 4.38. The van der Waals surface area contributed by atoms with Gasteiger partial charge >= 0.3 is 0 Å². The summed E-state index contributed by atoms with van der Waals surface area (Å²) >= 11 is 0. The summed E-state index contributed by atoms with van der Waals surface area (Å²) in [5, 5.41) is 6.21. The lowest BCUT2D eigenvalue weighted by atomic mass is 9.93. The second-order valence-electron chi connectivity index (χ2n) is 8.21. The van der Waals surface area contributed by atoms with Crippen LogP contribution in [0.4, 0.5) is 0 Å². The van der Waals surface area contributed by atoms with E-state index in [9.17, 15) is 4.79 Å². The van der Waals surface area contributed by atoms with E-state index in [0.717, 1.165) is 63.0 Å². The number of aliphatic imine (C=N–C) groups is 1. The molecule has 1 atom stereocenters. The Labute approximate surface area is 174 Å². The summed E-state index contributed by atoms with van der Waals surface area (Å²) in [6, 6.07) is 4.35. The van der Waals surface area contributed by atoms with Crippen LogP contribution in [-0.2, 0) is 4.79 Å². The zero-order valence-electron chi connectivity index (χ0n) is 18.2.